The Bertz CT molecular complexity index is 153. The molecule has 0 aromatic rings. The van der Waals surface area contributed by atoms with Gasteiger partial charge in [-0.3, -0.25) is 0 Å². The van der Waals surface area contributed by atoms with E-state index in [0.717, 1.165) is 51.7 Å². The highest BCUT2D eigenvalue weighted by Gasteiger charge is 2.19. The van der Waals surface area contributed by atoms with E-state index in [2.05, 4.69) is 5.32 Å². The van der Waals surface area contributed by atoms with Crippen molar-refractivity contribution in [3.63, 3.8) is 0 Å². The van der Waals surface area contributed by atoms with Crippen LogP contribution in [-0.2, 0) is 9.47 Å². The third kappa shape index (κ3) is 3.95. The predicted octanol–water partition coefficient (Wildman–Crippen LogP) is 1.32. The summed E-state index contributed by atoms with van der Waals surface area (Å²) in [5.41, 5.74) is 0. The molecule has 3 nitrogen and oxygen atoms in total. The summed E-state index contributed by atoms with van der Waals surface area (Å²) in [6.07, 6.45) is 6.52. The molecule has 0 radical (unpaired) electrons. The predicted molar refractivity (Wildman–Crippen MR) is 55.4 cm³/mol. The van der Waals surface area contributed by atoms with Gasteiger partial charge < -0.3 is 14.8 Å². The average molecular weight is 199 g/mol. The van der Waals surface area contributed by atoms with Gasteiger partial charge in [0.1, 0.15) is 0 Å². The Morgan fingerprint density at radius 2 is 1.93 bits per heavy atom. The summed E-state index contributed by atoms with van der Waals surface area (Å²) in [4.78, 5) is 0. The highest BCUT2D eigenvalue weighted by atomic mass is 16.5. The molecule has 2 rings (SSSR count). The number of nitrogens with one attached hydrogen (secondary N) is 1. The van der Waals surface area contributed by atoms with Crippen LogP contribution in [0.4, 0.5) is 0 Å². The zero-order valence-electron chi connectivity index (χ0n) is 8.84. The van der Waals surface area contributed by atoms with Gasteiger partial charge in [0.25, 0.3) is 0 Å². The van der Waals surface area contributed by atoms with Gasteiger partial charge in [-0.25, -0.2) is 0 Å². The van der Waals surface area contributed by atoms with Gasteiger partial charge in [-0.05, 0) is 38.6 Å². The van der Waals surface area contributed by atoms with E-state index in [1.54, 1.807) is 0 Å². The molecule has 1 N–H and O–H groups in total. The maximum Gasteiger partial charge on any atom is 0.0619 e. The minimum atomic E-state index is 0.463. The molecule has 0 aromatic heterocycles. The van der Waals surface area contributed by atoms with Crippen LogP contribution in [0.15, 0.2) is 0 Å². The fourth-order valence-corrected chi connectivity index (χ4v) is 1.76. The van der Waals surface area contributed by atoms with Crippen LogP contribution in [0.25, 0.3) is 0 Å². The highest BCUT2D eigenvalue weighted by molar-refractivity contribution is 4.80. The topological polar surface area (TPSA) is 30.5 Å². The molecule has 1 saturated heterocycles. The lowest BCUT2D eigenvalue weighted by Gasteiger charge is -2.22. The number of rotatable bonds is 6. The molecule has 1 saturated carbocycles. The molecule has 1 aliphatic heterocycles. The average Bonchev–Trinajstić information content (AvgIpc) is 3.03. The quantitative estimate of drug-likeness (QED) is 0.655. The van der Waals surface area contributed by atoms with Gasteiger partial charge >= 0.3 is 0 Å². The Balaban J connectivity index is 1.41. The van der Waals surface area contributed by atoms with Crippen molar-refractivity contribution in [1.82, 2.24) is 5.32 Å². The lowest BCUT2D eigenvalue weighted by atomic mass is 10.1. The normalized spacial score (nSPS) is 24.0. The van der Waals surface area contributed by atoms with E-state index in [0.29, 0.717) is 6.10 Å². The Labute approximate surface area is 86.2 Å². The van der Waals surface area contributed by atoms with Crippen LogP contribution >= 0.6 is 0 Å². The van der Waals surface area contributed by atoms with Gasteiger partial charge in [0.05, 0.1) is 6.10 Å². The molecule has 2 aliphatic rings. The summed E-state index contributed by atoms with van der Waals surface area (Å²) in [5, 5.41) is 3.49. The molecule has 0 spiro atoms. The fraction of sp³-hybridized carbons (Fsp3) is 1.00. The van der Waals surface area contributed by atoms with E-state index in [4.69, 9.17) is 9.47 Å². The van der Waals surface area contributed by atoms with Crippen molar-refractivity contribution >= 4 is 0 Å². The van der Waals surface area contributed by atoms with Crippen LogP contribution in [0.2, 0.25) is 0 Å². The van der Waals surface area contributed by atoms with Crippen LogP contribution in [0, 0.1) is 0 Å². The molecule has 0 atom stereocenters. The summed E-state index contributed by atoms with van der Waals surface area (Å²) >= 11 is 0. The van der Waals surface area contributed by atoms with E-state index in [1.807, 2.05) is 0 Å². The first-order chi connectivity index (χ1) is 6.95. The Kier molecular flexibility index (Phi) is 4.22. The summed E-state index contributed by atoms with van der Waals surface area (Å²) < 4.78 is 11.0. The van der Waals surface area contributed by atoms with E-state index < -0.39 is 0 Å². The molecule has 82 valence electrons. The van der Waals surface area contributed by atoms with Crippen molar-refractivity contribution in [3.8, 4) is 0 Å². The summed E-state index contributed by atoms with van der Waals surface area (Å²) in [5.74, 6) is 0. The minimum Gasteiger partial charge on any atom is -0.381 e. The third-order valence-electron chi connectivity index (χ3n) is 2.85. The van der Waals surface area contributed by atoms with Crippen LogP contribution in [0.3, 0.4) is 0 Å². The monoisotopic (exact) mass is 199 g/mol. The van der Waals surface area contributed by atoms with Crippen LogP contribution in [0.1, 0.15) is 32.1 Å². The minimum absolute atomic E-state index is 0.463. The van der Waals surface area contributed by atoms with E-state index >= 15 is 0 Å². The van der Waals surface area contributed by atoms with Crippen LogP contribution in [-0.4, -0.2) is 38.5 Å². The second-order valence-electron chi connectivity index (χ2n) is 4.26. The zero-order valence-corrected chi connectivity index (χ0v) is 8.84. The van der Waals surface area contributed by atoms with Gasteiger partial charge in [0.2, 0.25) is 0 Å². The van der Waals surface area contributed by atoms with Crippen molar-refractivity contribution in [2.75, 3.05) is 26.4 Å². The van der Waals surface area contributed by atoms with Gasteiger partial charge in [-0.15, -0.1) is 0 Å². The molecular weight excluding hydrogens is 178 g/mol. The van der Waals surface area contributed by atoms with E-state index in [1.165, 1.54) is 12.8 Å². The third-order valence-corrected chi connectivity index (χ3v) is 2.85. The van der Waals surface area contributed by atoms with Crippen molar-refractivity contribution in [2.45, 2.75) is 44.2 Å². The van der Waals surface area contributed by atoms with Gasteiger partial charge in [0, 0.05) is 25.9 Å². The van der Waals surface area contributed by atoms with Crippen LogP contribution in [0.5, 0.6) is 0 Å². The Hall–Kier alpha value is -0.120. The SMILES string of the molecule is C(CNC1CC1)COC1CCOCC1. The lowest BCUT2D eigenvalue weighted by molar-refractivity contribution is -0.0322. The molecule has 0 aromatic carbocycles. The summed E-state index contributed by atoms with van der Waals surface area (Å²) in [7, 11) is 0. The molecular formula is C11H21NO2. The number of hydrogen-bond acceptors (Lipinski definition) is 3. The largest absolute Gasteiger partial charge is 0.381 e. The van der Waals surface area contributed by atoms with E-state index in [9.17, 15) is 0 Å². The van der Waals surface area contributed by atoms with E-state index in [-0.39, 0.29) is 0 Å². The molecule has 0 unspecified atom stereocenters. The fourth-order valence-electron chi connectivity index (χ4n) is 1.76. The van der Waals surface area contributed by atoms with Crippen molar-refractivity contribution in [2.24, 2.45) is 0 Å². The molecule has 2 fully saturated rings. The Morgan fingerprint density at radius 3 is 2.64 bits per heavy atom. The highest BCUT2D eigenvalue weighted by Crippen LogP contribution is 2.18. The molecule has 0 bridgehead atoms. The number of hydrogen-bond donors (Lipinski definition) is 1. The molecule has 0 amide bonds. The van der Waals surface area contributed by atoms with Gasteiger partial charge in [0.15, 0.2) is 0 Å². The first-order valence-electron chi connectivity index (χ1n) is 5.88. The summed E-state index contributed by atoms with van der Waals surface area (Å²) in [6.45, 7) is 3.79. The van der Waals surface area contributed by atoms with Gasteiger partial charge in [-0.2, -0.15) is 0 Å². The first-order valence-corrected chi connectivity index (χ1v) is 5.88. The van der Waals surface area contributed by atoms with Crippen molar-refractivity contribution in [3.05, 3.63) is 0 Å². The maximum atomic E-state index is 5.77. The lowest BCUT2D eigenvalue weighted by Crippen LogP contribution is -2.25. The van der Waals surface area contributed by atoms with Gasteiger partial charge in [-0.1, -0.05) is 0 Å². The second kappa shape index (κ2) is 5.69. The maximum absolute atomic E-state index is 5.77. The molecule has 1 aliphatic carbocycles. The zero-order chi connectivity index (χ0) is 9.64. The Morgan fingerprint density at radius 1 is 1.14 bits per heavy atom. The van der Waals surface area contributed by atoms with Crippen molar-refractivity contribution < 1.29 is 9.47 Å². The van der Waals surface area contributed by atoms with Crippen LogP contribution < -0.4 is 5.32 Å². The first kappa shape index (κ1) is 10.4. The smallest absolute Gasteiger partial charge is 0.0619 e. The standard InChI is InChI=1S/C11H21NO2/c1(6-12-10-2-3-10)7-14-11-4-8-13-9-5-11/h10-12H,1-9H2. The second-order valence-corrected chi connectivity index (χ2v) is 4.26. The molecule has 1 heterocycles. The molecule has 3 heteroatoms. The van der Waals surface area contributed by atoms with Crippen molar-refractivity contribution in [1.29, 1.82) is 0 Å². The summed E-state index contributed by atoms with van der Waals surface area (Å²) in [6, 6.07) is 0.832. The number of ether oxygens (including phenoxy) is 2. The molecule has 14 heavy (non-hydrogen) atoms.